The first-order valence-electron chi connectivity index (χ1n) is 6.91. The van der Waals surface area contributed by atoms with Crippen molar-refractivity contribution in [1.82, 2.24) is 4.90 Å². The van der Waals surface area contributed by atoms with Crippen LogP contribution in [0.1, 0.15) is 24.8 Å². The summed E-state index contributed by atoms with van der Waals surface area (Å²) in [7, 11) is 0. The molecule has 2 aliphatic rings. The van der Waals surface area contributed by atoms with Gasteiger partial charge in [-0.2, -0.15) is 0 Å². The molecule has 1 heterocycles. The van der Waals surface area contributed by atoms with Crippen molar-refractivity contribution in [1.29, 1.82) is 0 Å². The molecule has 1 amide bonds. The molecule has 2 N–H and O–H groups in total. The van der Waals surface area contributed by atoms with Gasteiger partial charge in [-0.1, -0.05) is 30.3 Å². The van der Waals surface area contributed by atoms with Gasteiger partial charge in [-0.15, -0.1) is 12.4 Å². The second-order valence-corrected chi connectivity index (χ2v) is 5.72. The number of hydrogen-bond acceptors (Lipinski definition) is 3. The highest BCUT2D eigenvalue weighted by Crippen LogP contribution is 2.51. The lowest BCUT2D eigenvalue weighted by Gasteiger charge is -2.36. The van der Waals surface area contributed by atoms with E-state index in [0.717, 1.165) is 37.9 Å². The van der Waals surface area contributed by atoms with Crippen molar-refractivity contribution in [2.75, 3.05) is 13.1 Å². The van der Waals surface area contributed by atoms with Crippen molar-refractivity contribution in [3.05, 3.63) is 35.9 Å². The van der Waals surface area contributed by atoms with Gasteiger partial charge < -0.3 is 15.4 Å². The van der Waals surface area contributed by atoms with E-state index in [1.807, 2.05) is 35.2 Å². The number of likely N-dealkylation sites (tertiary alicyclic amines) is 1. The lowest BCUT2D eigenvalue weighted by molar-refractivity contribution is 0.0704. The second kappa shape index (κ2) is 6.02. The van der Waals surface area contributed by atoms with Crippen LogP contribution in [0.3, 0.4) is 0 Å². The average Bonchev–Trinajstić information content (AvgIpc) is 3.21. The van der Waals surface area contributed by atoms with Crippen LogP contribution in [0.2, 0.25) is 0 Å². The minimum Gasteiger partial charge on any atom is -0.445 e. The fourth-order valence-electron chi connectivity index (χ4n) is 2.83. The Morgan fingerprint density at radius 2 is 2.05 bits per heavy atom. The van der Waals surface area contributed by atoms with E-state index in [2.05, 4.69) is 0 Å². The zero-order chi connectivity index (χ0) is 13.3. The largest absolute Gasteiger partial charge is 0.445 e. The Bertz CT molecular complexity index is 462. The summed E-state index contributed by atoms with van der Waals surface area (Å²) in [6.07, 6.45) is 2.98. The average molecular weight is 297 g/mol. The standard InChI is InChI=1S/C15H20N2O2.ClH/c16-13-6-9-17(11-15(13)7-8-15)14(18)19-10-12-4-2-1-3-5-12;/h1-5,13H,6-11,16H2;1H. The van der Waals surface area contributed by atoms with Gasteiger partial charge in [0.15, 0.2) is 0 Å². The monoisotopic (exact) mass is 296 g/mol. The molecule has 110 valence electrons. The third-order valence-corrected chi connectivity index (χ3v) is 4.36. The minimum absolute atomic E-state index is 0. The Morgan fingerprint density at radius 3 is 2.70 bits per heavy atom. The van der Waals surface area contributed by atoms with Crippen molar-refractivity contribution in [2.45, 2.75) is 31.9 Å². The van der Waals surface area contributed by atoms with E-state index in [0.29, 0.717) is 6.61 Å². The molecule has 1 aromatic carbocycles. The molecule has 0 bridgehead atoms. The molecular weight excluding hydrogens is 276 g/mol. The zero-order valence-electron chi connectivity index (χ0n) is 11.5. The predicted molar refractivity (Wildman–Crippen MR) is 79.7 cm³/mol. The van der Waals surface area contributed by atoms with E-state index in [-0.39, 0.29) is 30.0 Å². The molecular formula is C15H21ClN2O2. The summed E-state index contributed by atoms with van der Waals surface area (Å²) in [5, 5.41) is 0. The van der Waals surface area contributed by atoms with Crippen LogP contribution in [-0.4, -0.2) is 30.1 Å². The Balaban J connectivity index is 0.00000147. The molecule has 1 saturated carbocycles. The molecule has 3 rings (SSSR count). The zero-order valence-corrected chi connectivity index (χ0v) is 12.3. The van der Waals surface area contributed by atoms with Crippen LogP contribution in [0.5, 0.6) is 0 Å². The normalized spacial score (nSPS) is 23.1. The third kappa shape index (κ3) is 3.07. The maximum atomic E-state index is 12.1. The van der Waals surface area contributed by atoms with Gasteiger partial charge in [-0.25, -0.2) is 4.79 Å². The first-order valence-corrected chi connectivity index (χ1v) is 6.91. The highest BCUT2D eigenvalue weighted by Gasteiger charge is 2.51. The van der Waals surface area contributed by atoms with Crippen LogP contribution in [0.4, 0.5) is 4.79 Å². The van der Waals surface area contributed by atoms with E-state index in [4.69, 9.17) is 10.5 Å². The number of halogens is 1. The summed E-state index contributed by atoms with van der Waals surface area (Å²) in [6, 6.07) is 10.0. The fourth-order valence-corrected chi connectivity index (χ4v) is 2.83. The van der Waals surface area contributed by atoms with Gasteiger partial charge in [-0.3, -0.25) is 0 Å². The summed E-state index contributed by atoms with van der Waals surface area (Å²) in [6.45, 7) is 1.83. The molecule has 1 atom stereocenters. The third-order valence-electron chi connectivity index (χ3n) is 4.36. The molecule has 1 aliphatic heterocycles. The molecule has 0 radical (unpaired) electrons. The Labute approximate surface area is 125 Å². The Kier molecular flexibility index (Phi) is 4.55. The van der Waals surface area contributed by atoms with Gasteiger partial charge in [0, 0.05) is 24.5 Å². The van der Waals surface area contributed by atoms with Gasteiger partial charge in [0.1, 0.15) is 6.61 Å². The maximum absolute atomic E-state index is 12.1. The predicted octanol–water partition coefficient (Wildman–Crippen LogP) is 2.56. The van der Waals surface area contributed by atoms with Crippen molar-refractivity contribution in [2.24, 2.45) is 11.1 Å². The number of piperidine rings is 1. The smallest absolute Gasteiger partial charge is 0.410 e. The van der Waals surface area contributed by atoms with Crippen molar-refractivity contribution in [3.8, 4) is 0 Å². The SMILES string of the molecule is Cl.NC1CCN(C(=O)OCc2ccccc2)CC12CC2. The van der Waals surface area contributed by atoms with Gasteiger partial charge >= 0.3 is 6.09 Å². The number of carbonyl (C=O) groups is 1. The maximum Gasteiger partial charge on any atom is 0.410 e. The van der Waals surface area contributed by atoms with Crippen LogP contribution in [0, 0.1) is 5.41 Å². The molecule has 20 heavy (non-hydrogen) atoms. The number of nitrogens with zero attached hydrogens (tertiary/aromatic N) is 1. The number of nitrogens with two attached hydrogens (primary N) is 1. The lowest BCUT2D eigenvalue weighted by Crippen LogP contribution is -2.50. The lowest BCUT2D eigenvalue weighted by atomic mass is 9.90. The highest BCUT2D eigenvalue weighted by molar-refractivity contribution is 5.85. The highest BCUT2D eigenvalue weighted by atomic mass is 35.5. The molecule has 5 heteroatoms. The van der Waals surface area contributed by atoms with E-state index in [1.54, 1.807) is 0 Å². The molecule has 1 unspecified atom stereocenters. The van der Waals surface area contributed by atoms with Gasteiger partial charge in [0.05, 0.1) is 0 Å². The number of benzene rings is 1. The van der Waals surface area contributed by atoms with Crippen LogP contribution in [-0.2, 0) is 11.3 Å². The quantitative estimate of drug-likeness (QED) is 0.912. The van der Waals surface area contributed by atoms with Crippen molar-refractivity contribution < 1.29 is 9.53 Å². The molecule has 4 nitrogen and oxygen atoms in total. The van der Waals surface area contributed by atoms with Crippen molar-refractivity contribution >= 4 is 18.5 Å². The molecule has 1 saturated heterocycles. The summed E-state index contributed by atoms with van der Waals surface area (Å²) >= 11 is 0. The number of ether oxygens (including phenoxy) is 1. The molecule has 1 aromatic rings. The topological polar surface area (TPSA) is 55.6 Å². The summed E-state index contributed by atoms with van der Waals surface area (Å²) < 4.78 is 5.37. The van der Waals surface area contributed by atoms with Crippen LogP contribution < -0.4 is 5.73 Å². The summed E-state index contributed by atoms with van der Waals surface area (Å²) in [4.78, 5) is 13.9. The van der Waals surface area contributed by atoms with Crippen LogP contribution >= 0.6 is 12.4 Å². The van der Waals surface area contributed by atoms with Crippen LogP contribution in [0.15, 0.2) is 30.3 Å². The van der Waals surface area contributed by atoms with Gasteiger partial charge in [0.2, 0.25) is 0 Å². The van der Waals surface area contributed by atoms with Crippen molar-refractivity contribution in [3.63, 3.8) is 0 Å². The summed E-state index contributed by atoms with van der Waals surface area (Å²) in [5.74, 6) is 0. The first kappa shape index (κ1) is 15.1. The van der Waals surface area contributed by atoms with Gasteiger partial charge in [0.25, 0.3) is 0 Å². The van der Waals surface area contributed by atoms with Gasteiger partial charge in [-0.05, 0) is 24.8 Å². The summed E-state index contributed by atoms with van der Waals surface area (Å²) in [5.41, 5.74) is 7.34. The molecule has 2 fully saturated rings. The van der Waals surface area contributed by atoms with E-state index < -0.39 is 0 Å². The van der Waals surface area contributed by atoms with Crippen LogP contribution in [0.25, 0.3) is 0 Å². The number of amides is 1. The number of carbonyl (C=O) groups excluding carboxylic acids is 1. The number of rotatable bonds is 2. The molecule has 1 spiro atoms. The minimum atomic E-state index is -0.206. The van der Waals surface area contributed by atoms with E-state index in [1.165, 1.54) is 0 Å². The second-order valence-electron chi connectivity index (χ2n) is 5.72. The fraction of sp³-hybridized carbons (Fsp3) is 0.533. The number of hydrogen-bond donors (Lipinski definition) is 1. The Morgan fingerprint density at radius 1 is 1.35 bits per heavy atom. The van der Waals surface area contributed by atoms with E-state index in [9.17, 15) is 4.79 Å². The Hall–Kier alpha value is -1.26. The first-order chi connectivity index (χ1) is 9.20. The molecule has 1 aliphatic carbocycles. The molecule has 0 aromatic heterocycles. The van der Waals surface area contributed by atoms with E-state index >= 15 is 0 Å².